The molecule has 1 saturated heterocycles. The summed E-state index contributed by atoms with van der Waals surface area (Å²) >= 11 is 0. The minimum Gasteiger partial charge on any atom is -0.495 e. The minimum atomic E-state index is -0.519. The van der Waals surface area contributed by atoms with E-state index >= 15 is 0 Å². The number of ether oxygens (including phenoxy) is 1. The first-order valence-corrected chi connectivity index (χ1v) is 7.24. The molecular formula is C16H22N2O3. The van der Waals surface area contributed by atoms with Crippen molar-refractivity contribution in [1.82, 2.24) is 4.90 Å². The summed E-state index contributed by atoms with van der Waals surface area (Å²) in [5.41, 5.74) is 6.69. The van der Waals surface area contributed by atoms with Crippen molar-refractivity contribution in [2.75, 3.05) is 12.8 Å². The van der Waals surface area contributed by atoms with Crippen molar-refractivity contribution in [2.45, 2.75) is 39.7 Å². The third-order valence-corrected chi connectivity index (χ3v) is 4.48. The van der Waals surface area contributed by atoms with E-state index in [0.717, 1.165) is 5.56 Å². The Morgan fingerprint density at radius 3 is 2.43 bits per heavy atom. The minimum absolute atomic E-state index is 0.0631. The zero-order valence-corrected chi connectivity index (χ0v) is 12.8. The van der Waals surface area contributed by atoms with Crippen LogP contribution in [0.1, 0.15) is 38.7 Å². The molecule has 5 nitrogen and oxygen atoms in total. The van der Waals surface area contributed by atoms with E-state index in [4.69, 9.17) is 10.5 Å². The van der Waals surface area contributed by atoms with Gasteiger partial charge in [0.2, 0.25) is 11.8 Å². The molecule has 1 heterocycles. The highest BCUT2D eigenvalue weighted by Crippen LogP contribution is 2.39. The zero-order valence-electron chi connectivity index (χ0n) is 12.8. The Morgan fingerprint density at radius 2 is 1.95 bits per heavy atom. The Bertz CT molecular complexity index is 565. The van der Waals surface area contributed by atoms with Crippen LogP contribution in [0.3, 0.4) is 0 Å². The molecule has 0 bridgehead atoms. The Balaban J connectivity index is 2.22. The smallest absolute Gasteiger partial charge is 0.236 e. The van der Waals surface area contributed by atoms with Crippen LogP contribution in [-0.4, -0.2) is 23.8 Å². The van der Waals surface area contributed by atoms with Crippen LogP contribution in [0.4, 0.5) is 5.69 Å². The van der Waals surface area contributed by atoms with Crippen molar-refractivity contribution in [3.8, 4) is 5.75 Å². The lowest BCUT2D eigenvalue weighted by atomic mass is 9.81. The molecule has 0 aromatic heterocycles. The monoisotopic (exact) mass is 290 g/mol. The van der Waals surface area contributed by atoms with Crippen LogP contribution in [0, 0.1) is 5.41 Å². The molecule has 0 atom stereocenters. The number of carbonyl (C=O) groups is 2. The van der Waals surface area contributed by atoms with Gasteiger partial charge in [-0.15, -0.1) is 0 Å². The van der Waals surface area contributed by atoms with Crippen molar-refractivity contribution in [1.29, 1.82) is 0 Å². The number of nitrogens with zero attached hydrogens (tertiary/aromatic N) is 1. The molecule has 114 valence electrons. The van der Waals surface area contributed by atoms with Crippen molar-refractivity contribution >= 4 is 17.5 Å². The second-order valence-electron chi connectivity index (χ2n) is 5.53. The molecule has 0 radical (unpaired) electrons. The maximum absolute atomic E-state index is 12.6. The number of nitrogens with two attached hydrogens (primary N) is 1. The number of nitrogen functional groups attached to an aromatic ring is 1. The van der Waals surface area contributed by atoms with Crippen LogP contribution in [0.5, 0.6) is 5.75 Å². The number of hydrogen-bond donors (Lipinski definition) is 1. The number of benzene rings is 1. The van der Waals surface area contributed by atoms with Crippen LogP contribution in [0.25, 0.3) is 0 Å². The molecule has 1 aliphatic heterocycles. The maximum atomic E-state index is 12.6. The number of carbonyl (C=O) groups excluding carboxylic acids is 2. The van der Waals surface area contributed by atoms with Crippen molar-refractivity contribution in [3.63, 3.8) is 0 Å². The normalized spacial score (nSPS) is 17.4. The Morgan fingerprint density at radius 1 is 1.29 bits per heavy atom. The van der Waals surface area contributed by atoms with Crippen LogP contribution >= 0.6 is 0 Å². The summed E-state index contributed by atoms with van der Waals surface area (Å²) < 4.78 is 5.11. The van der Waals surface area contributed by atoms with E-state index in [1.54, 1.807) is 19.2 Å². The van der Waals surface area contributed by atoms with Gasteiger partial charge in [0.05, 0.1) is 24.8 Å². The first-order valence-electron chi connectivity index (χ1n) is 7.24. The molecule has 2 rings (SSSR count). The van der Waals surface area contributed by atoms with Gasteiger partial charge in [-0.25, -0.2) is 0 Å². The third-order valence-electron chi connectivity index (χ3n) is 4.48. The van der Waals surface area contributed by atoms with Gasteiger partial charge in [0.15, 0.2) is 0 Å². The predicted octanol–water partition coefficient (Wildman–Crippen LogP) is 2.34. The first-order chi connectivity index (χ1) is 9.97. The van der Waals surface area contributed by atoms with Crippen molar-refractivity contribution < 1.29 is 14.3 Å². The summed E-state index contributed by atoms with van der Waals surface area (Å²) in [5.74, 6) is 0.430. The number of rotatable bonds is 5. The van der Waals surface area contributed by atoms with Crippen molar-refractivity contribution in [2.24, 2.45) is 5.41 Å². The molecule has 5 heteroatoms. The predicted molar refractivity (Wildman–Crippen MR) is 80.6 cm³/mol. The molecule has 0 saturated carbocycles. The number of likely N-dealkylation sites (tertiary alicyclic amines) is 1. The van der Waals surface area contributed by atoms with E-state index in [-0.39, 0.29) is 18.4 Å². The average molecular weight is 290 g/mol. The summed E-state index contributed by atoms with van der Waals surface area (Å²) in [5, 5.41) is 0. The van der Waals surface area contributed by atoms with Gasteiger partial charge in [-0.2, -0.15) is 0 Å². The zero-order chi connectivity index (χ0) is 15.6. The molecule has 2 amide bonds. The Labute approximate surface area is 125 Å². The quantitative estimate of drug-likeness (QED) is 0.667. The van der Waals surface area contributed by atoms with Gasteiger partial charge in [0.1, 0.15) is 5.75 Å². The molecule has 0 aliphatic carbocycles. The van der Waals surface area contributed by atoms with E-state index in [9.17, 15) is 9.59 Å². The Hall–Kier alpha value is -2.04. The van der Waals surface area contributed by atoms with Gasteiger partial charge < -0.3 is 10.5 Å². The average Bonchev–Trinajstić information content (AvgIpc) is 2.72. The molecule has 1 aliphatic rings. The summed E-state index contributed by atoms with van der Waals surface area (Å²) in [6.45, 7) is 4.20. The van der Waals surface area contributed by atoms with E-state index in [1.807, 2.05) is 19.9 Å². The number of amides is 2. The van der Waals surface area contributed by atoms with Gasteiger partial charge in [-0.1, -0.05) is 19.9 Å². The van der Waals surface area contributed by atoms with Crippen LogP contribution in [0.15, 0.2) is 18.2 Å². The largest absolute Gasteiger partial charge is 0.495 e. The number of anilines is 1. The summed E-state index contributed by atoms with van der Waals surface area (Å²) in [6, 6.07) is 5.33. The van der Waals surface area contributed by atoms with Crippen LogP contribution in [0.2, 0.25) is 0 Å². The lowest BCUT2D eigenvalue weighted by Gasteiger charge is -2.23. The summed E-state index contributed by atoms with van der Waals surface area (Å²) in [7, 11) is 1.55. The van der Waals surface area contributed by atoms with Crippen LogP contribution < -0.4 is 10.5 Å². The highest BCUT2D eigenvalue weighted by molar-refractivity contribution is 6.05. The standard InChI is InChI=1S/C16H22N2O3/c1-4-16(5-2)9-14(19)18(15(16)20)10-11-6-7-13(21-3)12(17)8-11/h6-8H,4-5,9-10,17H2,1-3H3. The number of hydrogen-bond acceptors (Lipinski definition) is 4. The Kier molecular flexibility index (Phi) is 4.21. The van der Waals surface area contributed by atoms with Crippen LogP contribution in [-0.2, 0) is 16.1 Å². The van der Waals surface area contributed by atoms with E-state index in [2.05, 4.69) is 0 Å². The molecular weight excluding hydrogens is 268 g/mol. The molecule has 2 N–H and O–H groups in total. The lowest BCUT2D eigenvalue weighted by molar-refractivity contribution is -0.142. The fraction of sp³-hybridized carbons (Fsp3) is 0.500. The fourth-order valence-corrected chi connectivity index (χ4v) is 2.89. The second-order valence-corrected chi connectivity index (χ2v) is 5.53. The fourth-order valence-electron chi connectivity index (χ4n) is 2.89. The van der Waals surface area contributed by atoms with E-state index < -0.39 is 5.41 Å². The lowest BCUT2D eigenvalue weighted by Crippen LogP contribution is -2.34. The molecule has 1 aromatic carbocycles. The van der Waals surface area contributed by atoms with Gasteiger partial charge in [0.25, 0.3) is 0 Å². The topological polar surface area (TPSA) is 72.6 Å². The van der Waals surface area contributed by atoms with Gasteiger partial charge in [-0.05, 0) is 30.5 Å². The molecule has 21 heavy (non-hydrogen) atoms. The van der Waals surface area contributed by atoms with Gasteiger partial charge >= 0.3 is 0 Å². The van der Waals surface area contributed by atoms with E-state index in [0.29, 0.717) is 30.7 Å². The third kappa shape index (κ3) is 2.60. The highest BCUT2D eigenvalue weighted by atomic mass is 16.5. The summed E-state index contributed by atoms with van der Waals surface area (Å²) in [6.07, 6.45) is 1.69. The van der Waals surface area contributed by atoms with Gasteiger partial charge in [-0.3, -0.25) is 14.5 Å². The maximum Gasteiger partial charge on any atom is 0.236 e. The van der Waals surface area contributed by atoms with Crippen molar-refractivity contribution in [3.05, 3.63) is 23.8 Å². The number of methoxy groups -OCH3 is 1. The highest BCUT2D eigenvalue weighted by Gasteiger charge is 2.48. The molecule has 1 aromatic rings. The first kappa shape index (κ1) is 15.4. The van der Waals surface area contributed by atoms with E-state index in [1.165, 1.54) is 4.90 Å². The second kappa shape index (κ2) is 5.76. The SMILES string of the molecule is CCC1(CC)CC(=O)N(Cc2ccc(OC)c(N)c2)C1=O. The summed E-state index contributed by atoms with van der Waals surface area (Å²) in [4.78, 5) is 26.1. The van der Waals surface area contributed by atoms with Gasteiger partial charge in [0, 0.05) is 6.42 Å². The molecule has 1 fully saturated rings. The number of imide groups is 1. The molecule has 0 unspecified atom stereocenters. The molecule has 0 spiro atoms.